The molecule has 0 spiro atoms. The second kappa shape index (κ2) is 6.64. The van der Waals surface area contributed by atoms with Crippen LogP contribution in [-0.2, 0) is 0 Å². The van der Waals surface area contributed by atoms with Gasteiger partial charge in [0.1, 0.15) is 4.99 Å². The van der Waals surface area contributed by atoms with Gasteiger partial charge in [0, 0.05) is 22.8 Å². The molecule has 1 aromatic carbocycles. The molecule has 1 aromatic rings. The molecule has 0 saturated carbocycles. The van der Waals surface area contributed by atoms with Gasteiger partial charge in [-0.1, -0.05) is 30.4 Å². The molecule has 0 radical (unpaired) electrons. The number of hydrogen-bond donors (Lipinski definition) is 1. The lowest BCUT2D eigenvalue weighted by molar-refractivity contribution is 0.982. The van der Waals surface area contributed by atoms with Crippen molar-refractivity contribution in [1.29, 1.82) is 0 Å². The summed E-state index contributed by atoms with van der Waals surface area (Å²) in [5.74, 6) is 0.941. The van der Waals surface area contributed by atoms with Gasteiger partial charge >= 0.3 is 0 Å². The van der Waals surface area contributed by atoms with Crippen LogP contribution in [0.15, 0.2) is 41.8 Å². The molecule has 0 bridgehead atoms. The largest absolute Gasteiger partial charge is 0.376 e. The van der Waals surface area contributed by atoms with Crippen molar-refractivity contribution in [2.45, 2.75) is 11.8 Å². The maximum atomic E-state index is 5.22. The Kier molecular flexibility index (Phi) is 5.43. The van der Waals surface area contributed by atoms with E-state index >= 15 is 0 Å². The Hall–Kier alpha value is -0.800. The molecule has 0 unspecified atom stereocenters. The molecule has 80 valence electrons. The highest BCUT2D eigenvalue weighted by molar-refractivity contribution is 7.99. The van der Waals surface area contributed by atoms with Crippen molar-refractivity contribution < 1.29 is 0 Å². The maximum absolute atomic E-state index is 5.22. The highest BCUT2D eigenvalue weighted by Crippen LogP contribution is 2.18. The summed E-state index contributed by atoms with van der Waals surface area (Å²) in [6, 6.07) is 8.28. The van der Waals surface area contributed by atoms with Crippen LogP contribution in [0.4, 0.5) is 0 Å². The fraction of sp³-hybridized carbons (Fsp3) is 0.250. The van der Waals surface area contributed by atoms with E-state index in [1.807, 2.05) is 13.0 Å². The minimum atomic E-state index is 0.817. The molecule has 0 amide bonds. The number of hydrogen-bond acceptors (Lipinski definition) is 2. The van der Waals surface area contributed by atoms with Gasteiger partial charge < -0.3 is 5.32 Å². The van der Waals surface area contributed by atoms with Crippen LogP contribution in [0.1, 0.15) is 12.5 Å². The van der Waals surface area contributed by atoms with E-state index in [1.165, 1.54) is 4.90 Å². The summed E-state index contributed by atoms with van der Waals surface area (Å²) >= 11 is 6.99. The molecule has 0 fully saturated rings. The van der Waals surface area contributed by atoms with E-state index in [2.05, 4.69) is 36.2 Å². The lowest BCUT2D eigenvalue weighted by Gasteiger charge is -2.06. The van der Waals surface area contributed by atoms with Crippen molar-refractivity contribution >= 4 is 29.0 Å². The van der Waals surface area contributed by atoms with E-state index in [9.17, 15) is 0 Å². The molecule has 0 saturated heterocycles. The van der Waals surface area contributed by atoms with Gasteiger partial charge in [0.25, 0.3) is 0 Å². The van der Waals surface area contributed by atoms with E-state index in [0.29, 0.717) is 0 Å². The highest BCUT2D eigenvalue weighted by atomic mass is 32.2. The van der Waals surface area contributed by atoms with Crippen LogP contribution in [-0.4, -0.2) is 17.3 Å². The van der Waals surface area contributed by atoms with Gasteiger partial charge in [-0.05, 0) is 19.1 Å². The number of benzene rings is 1. The molecule has 1 N–H and O–H groups in total. The zero-order valence-electron chi connectivity index (χ0n) is 8.82. The number of nitrogens with one attached hydrogen (secondary N) is 1. The standard InChI is InChI=1S/C12H15NS2/c1-3-9-15-11-7-5-10(6-8-11)12(14)13-4-2/h3,5-8H,1,4,9H2,2H3,(H,13,14). The Morgan fingerprint density at radius 1 is 1.47 bits per heavy atom. The van der Waals surface area contributed by atoms with Crippen LogP contribution >= 0.6 is 24.0 Å². The predicted octanol–water partition coefficient (Wildman–Crippen LogP) is 3.25. The van der Waals surface area contributed by atoms with Crippen LogP contribution in [0.5, 0.6) is 0 Å². The fourth-order valence-corrected chi connectivity index (χ4v) is 2.04. The predicted molar refractivity (Wildman–Crippen MR) is 72.7 cm³/mol. The van der Waals surface area contributed by atoms with Crippen LogP contribution in [0.2, 0.25) is 0 Å². The summed E-state index contributed by atoms with van der Waals surface area (Å²) in [5, 5.41) is 3.13. The molecular formula is C12H15NS2. The van der Waals surface area contributed by atoms with E-state index < -0.39 is 0 Å². The van der Waals surface area contributed by atoms with Crippen molar-refractivity contribution in [3.05, 3.63) is 42.5 Å². The van der Waals surface area contributed by atoms with Crippen molar-refractivity contribution in [3.63, 3.8) is 0 Å². The molecule has 15 heavy (non-hydrogen) atoms. The normalized spacial score (nSPS) is 9.67. The van der Waals surface area contributed by atoms with Gasteiger partial charge in [-0.2, -0.15) is 0 Å². The van der Waals surface area contributed by atoms with Crippen LogP contribution in [0.25, 0.3) is 0 Å². The molecule has 0 aromatic heterocycles. The van der Waals surface area contributed by atoms with E-state index in [0.717, 1.165) is 22.8 Å². The molecule has 0 aliphatic carbocycles. The van der Waals surface area contributed by atoms with E-state index in [1.54, 1.807) is 11.8 Å². The van der Waals surface area contributed by atoms with Gasteiger partial charge in [-0.25, -0.2) is 0 Å². The van der Waals surface area contributed by atoms with Crippen molar-refractivity contribution in [2.75, 3.05) is 12.3 Å². The Balaban J connectivity index is 2.63. The first-order valence-corrected chi connectivity index (χ1v) is 6.29. The quantitative estimate of drug-likeness (QED) is 0.479. The second-order valence-corrected chi connectivity index (χ2v) is 4.49. The second-order valence-electron chi connectivity index (χ2n) is 2.98. The van der Waals surface area contributed by atoms with Gasteiger partial charge in [0.15, 0.2) is 0 Å². The van der Waals surface area contributed by atoms with E-state index in [4.69, 9.17) is 12.2 Å². The summed E-state index contributed by atoms with van der Waals surface area (Å²) < 4.78 is 0. The number of rotatable bonds is 5. The van der Waals surface area contributed by atoms with Crippen molar-refractivity contribution in [1.82, 2.24) is 5.32 Å². The van der Waals surface area contributed by atoms with Crippen molar-refractivity contribution in [2.24, 2.45) is 0 Å². The Labute approximate surface area is 101 Å². The van der Waals surface area contributed by atoms with Gasteiger partial charge in [0.05, 0.1) is 0 Å². The molecular weight excluding hydrogens is 222 g/mol. The zero-order chi connectivity index (χ0) is 11.1. The molecule has 1 rings (SSSR count). The monoisotopic (exact) mass is 237 g/mol. The zero-order valence-corrected chi connectivity index (χ0v) is 10.5. The van der Waals surface area contributed by atoms with Gasteiger partial charge in [-0.15, -0.1) is 18.3 Å². The number of thioether (sulfide) groups is 1. The molecule has 3 heteroatoms. The first-order valence-electron chi connectivity index (χ1n) is 4.90. The van der Waals surface area contributed by atoms with Crippen molar-refractivity contribution in [3.8, 4) is 0 Å². The SMILES string of the molecule is C=CCSc1ccc(C(=S)NCC)cc1. The Morgan fingerprint density at radius 2 is 2.13 bits per heavy atom. The maximum Gasteiger partial charge on any atom is 0.106 e. The molecule has 0 atom stereocenters. The Bertz CT molecular complexity index is 330. The topological polar surface area (TPSA) is 12.0 Å². The summed E-state index contributed by atoms with van der Waals surface area (Å²) in [4.78, 5) is 2.07. The Morgan fingerprint density at radius 3 is 2.67 bits per heavy atom. The minimum absolute atomic E-state index is 0.817. The summed E-state index contributed by atoms with van der Waals surface area (Å²) in [5.41, 5.74) is 1.08. The van der Waals surface area contributed by atoms with E-state index in [-0.39, 0.29) is 0 Å². The smallest absolute Gasteiger partial charge is 0.106 e. The lowest BCUT2D eigenvalue weighted by Crippen LogP contribution is -2.21. The molecule has 0 heterocycles. The molecule has 0 aliphatic rings. The van der Waals surface area contributed by atoms with Crippen LogP contribution < -0.4 is 5.32 Å². The fourth-order valence-electron chi connectivity index (χ4n) is 1.12. The minimum Gasteiger partial charge on any atom is -0.376 e. The van der Waals surface area contributed by atoms with Crippen LogP contribution in [0.3, 0.4) is 0 Å². The third-order valence-corrected chi connectivity index (χ3v) is 3.21. The average molecular weight is 237 g/mol. The first kappa shape index (κ1) is 12.3. The number of thiocarbonyl (C=S) groups is 1. The van der Waals surface area contributed by atoms with Gasteiger partial charge in [-0.3, -0.25) is 0 Å². The highest BCUT2D eigenvalue weighted by Gasteiger charge is 1.99. The summed E-state index contributed by atoms with van der Waals surface area (Å²) in [6.07, 6.45) is 1.90. The first-order chi connectivity index (χ1) is 7.27. The molecule has 0 aliphatic heterocycles. The lowest BCUT2D eigenvalue weighted by atomic mass is 10.2. The third kappa shape index (κ3) is 4.06. The average Bonchev–Trinajstić information content (AvgIpc) is 2.27. The summed E-state index contributed by atoms with van der Waals surface area (Å²) in [6.45, 7) is 6.60. The van der Waals surface area contributed by atoms with Crippen LogP contribution in [0, 0.1) is 0 Å². The third-order valence-electron chi connectivity index (χ3n) is 1.82. The summed E-state index contributed by atoms with van der Waals surface area (Å²) in [7, 11) is 0. The molecule has 1 nitrogen and oxygen atoms in total. The van der Waals surface area contributed by atoms with Gasteiger partial charge in [0.2, 0.25) is 0 Å².